The van der Waals surface area contributed by atoms with Crippen LogP contribution >= 0.6 is 27.7 Å². The number of fused-ring (bicyclic) bond motifs is 1. The first kappa shape index (κ1) is 16.7. The van der Waals surface area contributed by atoms with E-state index in [4.69, 9.17) is 0 Å². The van der Waals surface area contributed by atoms with Gasteiger partial charge in [0.1, 0.15) is 0 Å². The predicted octanol–water partition coefficient (Wildman–Crippen LogP) is 5.43. The molecule has 0 saturated heterocycles. The Bertz CT molecular complexity index is 893. The number of benzene rings is 2. The van der Waals surface area contributed by atoms with Crippen LogP contribution in [0, 0.1) is 0 Å². The van der Waals surface area contributed by atoms with Gasteiger partial charge < -0.3 is 10.1 Å². The van der Waals surface area contributed by atoms with Crippen molar-refractivity contribution in [3.05, 3.63) is 53.0 Å². The highest BCUT2D eigenvalue weighted by molar-refractivity contribution is 9.10. The summed E-state index contributed by atoms with van der Waals surface area (Å²) in [6.45, 7) is 0. The summed E-state index contributed by atoms with van der Waals surface area (Å²) in [5.41, 5.74) is 1.01. The molecular formula is C17H14BrN3O2S. The van der Waals surface area contributed by atoms with Crippen molar-refractivity contribution < 1.29 is 9.90 Å². The zero-order valence-corrected chi connectivity index (χ0v) is 15.0. The van der Waals surface area contributed by atoms with Gasteiger partial charge in [-0.05, 0) is 30.3 Å². The van der Waals surface area contributed by atoms with Crippen LogP contribution in [0.2, 0.25) is 0 Å². The van der Waals surface area contributed by atoms with Gasteiger partial charge in [-0.15, -0.1) is 22.0 Å². The lowest BCUT2D eigenvalue weighted by molar-refractivity contribution is -0.117. The van der Waals surface area contributed by atoms with Crippen LogP contribution in [0.3, 0.4) is 0 Å². The monoisotopic (exact) mass is 403 g/mol. The normalized spacial score (nSPS) is 11.4. The average Bonchev–Trinajstić information content (AvgIpc) is 2.88. The maximum absolute atomic E-state index is 11.9. The zero-order chi connectivity index (χ0) is 16.9. The third-order valence-electron chi connectivity index (χ3n) is 3.30. The van der Waals surface area contributed by atoms with Crippen LogP contribution in [0.25, 0.3) is 10.9 Å². The second kappa shape index (κ2) is 7.63. The van der Waals surface area contributed by atoms with Gasteiger partial charge in [0.2, 0.25) is 5.88 Å². The number of nitrogens with one attached hydrogen (secondary N) is 1. The third-order valence-corrected chi connectivity index (χ3v) is 4.81. The molecule has 1 amide bonds. The first-order valence-corrected chi connectivity index (χ1v) is 9.04. The first-order valence-electron chi connectivity index (χ1n) is 7.26. The van der Waals surface area contributed by atoms with E-state index in [0.717, 1.165) is 14.9 Å². The van der Waals surface area contributed by atoms with Crippen LogP contribution in [0.15, 0.2) is 68.1 Å². The number of hydrogen-bond acceptors (Lipinski definition) is 4. The Morgan fingerprint density at radius 3 is 2.79 bits per heavy atom. The van der Waals surface area contributed by atoms with Gasteiger partial charge in [0.15, 0.2) is 5.69 Å². The number of hydrogen-bond donors (Lipinski definition) is 2. The molecule has 0 spiro atoms. The molecule has 3 rings (SSSR count). The number of amides is 1. The molecule has 3 aromatic rings. The lowest BCUT2D eigenvalue weighted by atomic mass is 10.2. The molecule has 1 heterocycles. The Hall–Kier alpha value is -2.12. The van der Waals surface area contributed by atoms with Gasteiger partial charge in [-0.3, -0.25) is 4.79 Å². The minimum atomic E-state index is -0.317. The van der Waals surface area contributed by atoms with Crippen molar-refractivity contribution in [1.82, 2.24) is 4.98 Å². The van der Waals surface area contributed by atoms with Gasteiger partial charge in [0.25, 0.3) is 5.91 Å². The molecule has 0 radical (unpaired) electrons. The molecule has 122 valence electrons. The fourth-order valence-electron chi connectivity index (χ4n) is 2.17. The quantitative estimate of drug-likeness (QED) is 0.440. The zero-order valence-electron chi connectivity index (χ0n) is 12.6. The van der Waals surface area contributed by atoms with Crippen LogP contribution in [0.5, 0.6) is 5.88 Å². The Labute approximate surface area is 151 Å². The number of aromatic amines is 1. The number of carbonyl (C=O) groups is 1. The van der Waals surface area contributed by atoms with Gasteiger partial charge in [-0.1, -0.05) is 34.1 Å². The minimum Gasteiger partial charge on any atom is -0.493 e. The maximum Gasteiger partial charge on any atom is 0.265 e. The topological polar surface area (TPSA) is 77.8 Å². The fourth-order valence-corrected chi connectivity index (χ4v) is 3.39. The summed E-state index contributed by atoms with van der Waals surface area (Å²) in [5.74, 6) is 0.216. The highest BCUT2D eigenvalue weighted by atomic mass is 79.9. The number of nitrogens with zero attached hydrogens (tertiary/aromatic N) is 2. The van der Waals surface area contributed by atoms with Crippen LogP contribution in [-0.2, 0) is 4.79 Å². The molecule has 2 N–H and O–H groups in total. The Balaban J connectivity index is 1.64. The SMILES string of the molecule is O=C(CCSc1ccccc1)N=Nc1c(O)[nH]c2ccc(Br)cc12. The Morgan fingerprint density at radius 1 is 1.21 bits per heavy atom. The van der Waals surface area contributed by atoms with E-state index >= 15 is 0 Å². The molecule has 0 atom stereocenters. The first-order chi connectivity index (χ1) is 11.6. The van der Waals surface area contributed by atoms with Crippen molar-refractivity contribution in [2.24, 2.45) is 10.2 Å². The van der Waals surface area contributed by atoms with Crippen LogP contribution in [0.1, 0.15) is 6.42 Å². The van der Waals surface area contributed by atoms with E-state index in [-0.39, 0.29) is 23.9 Å². The maximum atomic E-state index is 11.9. The van der Waals surface area contributed by atoms with Crippen LogP contribution in [-0.4, -0.2) is 21.8 Å². The minimum absolute atomic E-state index is 0.0988. The molecule has 0 aliphatic rings. The average molecular weight is 404 g/mol. The summed E-state index contributed by atoms with van der Waals surface area (Å²) in [5, 5.41) is 18.3. The van der Waals surface area contributed by atoms with Crippen molar-refractivity contribution in [2.75, 3.05) is 5.75 Å². The lowest BCUT2D eigenvalue weighted by Crippen LogP contribution is -1.93. The predicted molar refractivity (Wildman–Crippen MR) is 99.0 cm³/mol. The summed E-state index contributed by atoms with van der Waals surface area (Å²) in [7, 11) is 0. The molecule has 7 heteroatoms. The summed E-state index contributed by atoms with van der Waals surface area (Å²) in [6.07, 6.45) is 0.288. The number of halogens is 1. The summed E-state index contributed by atoms with van der Waals surface area (Å²) < 4.78 is 0.857. The standard InChI is InChI=1S/C17H14BrN3O2S/c18-11-6-7-14-13(10-11)16(17(23)19-14)21-20-15(22)8-9-24-12-4-2-1-3-5-12/h1-7,10,19,23H,8-9H2. The van der Waals surface area contributed by atoms with E-state index < -0.39 is 0 Å². The Morgan fingerprint density at radius 2 is 2.00 bits per heavy atom. The fraction of sp³-hybridized carbons (Fsp3) is 0.118. The van der Waals surface area contributed by atoms with Crippen molar-refractivity contribution in [3.63, 3.8) is 0 Å². The summed E-state index contributed by atoms with van der Waals surface area (Å²) in [6, 6.07) is 15.4. The second-order valence-electron chi connectivity index (χ2n) is 5.02. The van der Waals surface area contributed by atoms with Crippen molar-refractivity contribution >= 4 is 50.2 Å². The molecule has 24 heavy (non-hydrogen) atoms. The molecule has 0 fully saturated rings. The summed E-state index contributed by atoms with van der Waals surface area (Å²) in [4.78, 5) is 15.8. The van der Waals surface area contributed by atoms with Crippen molar-refractivity contribution in [3.8, 4) is 5.88 Å². The third kappa shape index (κ3) is 4.04. The van der Waals surface area contributed by atoms with Crippen molar-refractivity contribution in [1.29, 1.82) is 0 Å². The Kier molecular flexibility index (Phi) is 5.32. The van der Waals surface area contributed by atoms with Gasteiger partial charge in [-0.25, -0.2) is 0 Å². The molecule has 0 unspecified atom stereocenters. The van der Waals surface area contributed by atoms with Gasteiger partial charge in [0.05, 0.1) is 5.52 Å². The molecule has 0 saturated carbocycles. The molecule has 2 aromatic carbocycles. The number of thioether (sulfide) groups is 1. The van der Waals surface area contributed by atoms with Gasteiger partial charge in [-0.2, -0.15) is 0 Å². The second-order valence-corrected chi connectivity index (χ2v) is 7.10. The molecular weight excluding hydrogens is 390 g/mol. The molecule has 0 bridgehead atoms. The molecule has 0 aliphatic heterocycles. The molecule has 5 nitrogen and oxygen atoms in total. The summed E-state index contributed by atoms with van der Waals surface area (Å²) >= 11 is 4.97. The number of aromatic hydroxyl groups is 1. The van der Waals surface area contributed by atoms with Gasteiger partial charge in [0, 0.05) is 26.9 Å². The van der Waals surface area contributed by atoms with E-state index in [0.29, 0.717) is 11.1 Å². The van der Waals surface area contributed by atoms with E-state index in [9.17, 15) is 9.90 Å². The number of azo groups is 1. The van der Waals surface area contributed by atoms with Crippen LogP contribution < -0.4 is 0 Å². The highest BCUT2D eigenvalue weighted by Gasteiger charge is 2.11. The smallest absolute Gasteiger partial charge is 0.265 e. The molecule has 1 aromatic heterocycles. The number of H-pyrrole nitrogens is 1. The number of aromatic nitrogens is 1. The lowest BCUT2D eigenvalue weighted by Gasteiger charge is -1.98. The number of rotatable bonds is 5. The molecule has 0 aliphatic carbocycles. The van der Waals surface area contributed by atoms with Crippen molar-refractivity contribution in [2.45, 2.75) is 11.3 Å². The highest BCUT2D eigenvalue weighted by Crippen LogP contribution is 2.36. The van der Waals surface area contributed by atoms with E-state index in [2.05, 4.69) is 31.1 Å². The van der Waals surface area contributed by atoms with Gasteiger partial charge >= 0.3 is 0 Å². The number of carbonyl (C=O) groups excluding carboxylic acids is 1. The van der Waals surface area contributed by atoms with E-state index in [1.165, 1.54) is 0 Å². The van der Waals surface area contributed by atoms with Crippen LogP contribution in [0.4, 0.5) is 5.69 Å². The van der Waals surface area contributed by atoms with E-state index in [1.807, 2.05) is 48.5 Å². The largest absolute Gasteiger partial charge is 0.493 e. The van der Waals surface area contributed by atoms with E-state index in [1.54, 1.807) is 11.8 Å².